The van der Waals surface area contributed by atoms with Crippen LogP contribution in [-0.2, 0) is 19.1 Å². The van der Waals surface area contributed by atoms with E-state index < -0.39 is 18.0 Å². The number of ether oxygens (including phenoxy) is 1. The SMILES string of the molecule is C/C=C/C=C(C)/C=C/C=C(C)/C=C/C1=C(C)C(=O)C(OC(=O)CCC(=O)O)CC1(C)C. The average molecular weight is 427 g/mol. The lowest BCUT2D eigenvalue weighted by Gasteiger charge is -2.36. The van der Waals surface area contributed by atoms with E-state index in [-0.39, 0.29) is 24.0 Å². The number of hydrogen-bond acceptors (Lipinski definition) is 4. The molecule has 0 aromatic carbocycles. The van der Waals surface area contributed by atoms with E-state index in [0.29, 0.717) is 12.0 Å². The van der Waals surface area contributed by atoms with E-state index in [4.69, 9.17) is 9.84 Å². The van der Waals surface area contributed by atoms with Gasteiger partial charge in [0.2, 0.25) is 0 Å². The third-order valence-electron chi connectivity index (χ3n) is 5.09. The van der Waals surface area contributed by atoms with Gasteiger partial charge in [-0.1, -0.05) is 73.6 Å². The largest absolute Gasteiger partial charge is 0.481 e. The summed E-state index contributed by atoms with van der Waals surface area (Å²) in [7, 11) is 0. The first-order chi connectivity index (χ1) is 14.5. The zero-order valence-electron chi connectivity index (χ0n) is 19.4. The van der Waals surface area contributed by atoms with Gasteiger partial charge < -0.3 is 9.84 Å². The van der Waals surface area contributed by atoms with Gasteiger partial charge in [0.05, 0.1) is 12.8 Å². The zero-order valence-corrected chi connectivity index (χ0v) is 19.4. The first-order valence-electron chi connectivity index (χ1n) is 10.5. The van der Waals surface area contributed by atoms with Crippen molar-refractivity contribution in [3.05, 3.63) is 70.9 Å². The second kappa shape index (κ2) is 12.0. The van der Waals surface area contributed by atoms with E-state index in [2.05, 4.69) is 0 Å². The van der Waals surface area contributed by atoms with Crippen LogP contribution in [0.1, 0.15) is 60.8 Å². The Balaban J connectivity index is 2.94. The Kier molecular flexibility index (Phi) is 10.1. The highest BCUT2D eigenvalue weighted by molar-refractivity contribution is 6.01. The third kappa shape index (κ3) is 8.75. The standard InChI is InChI=1S/C26H34O5/c1-7-8-10-18(2)11-9-12-19(3)13-14-21-20(4)25(30)22(17-26(21,5)6)31-24(29)16-15-23(27)28/h7-14,22H,15-17H2,1-6H3,(H,27,28)/b8-7+,11-9+,14-13+,18-10+,19-12+. The molecular formula is C26H34O5. The maximum atomic E-state index is 12.8. The first kappa shape index (κ1) is 26.1. The Morgan fingerprint density at radius 1 is 1.10 bits per heavy atom. The molecule has 0 fully saturated rings. The highest BCUT2D eigenvalue weighted by atomic mass is 16.5. The van der Waals surface area contributed by atoms with Crippen molar-refractivity contribution in [1.29, 1.82) is 0 Å². The molecule has 5 heteroatoms. The van der Waals surface area contributed by atoms with E-state index >= 15 is 0 Å². The van der Waals surface area contributed by atoms with Crippen molar-refractivity contribution < 1.29 is 24.2 Å². The summed E-state index contributed by atoms with van der Waals surface area (Å²) in [6.45, 7) is 11.8. The van der Waals surface area contributed by atoms with Crippen LogP contribution in [0.5, 0.6) is 0 Å². The van der Waals surface area contributed by atoms with Gasteiger partial charge >= 0.3 is 11.9 Å². The molecule has 0 spiro atoms. The van der Waals surface area contributed by atoms with Crippen LogP contribution in [0, 0.1) is 5.41 Å². The highest BCUT2D eigenvalue weighted by Crippen LogP contribution is 2.40. The minimum absolute atomic E-state index is 0.228. The van der Waals surface area contributed by atoms with E-state index in [9.17, 15) is 14.4 Å². The summed E-state index contributed by atoms with van der Waals surface area (Å²) < 4.78 is 5.30. The average Bonchev–Trinajstić information content (AvgIpc) is 2.68. The van der Waals surface area contributed by atoms with E-state index in [1.54, 1.807) is 6.92 Å². The third-order valence-corrected chi connectivity index (χ3v) is 5.09. The number of hydrogen-bond donors (Lipinski definition) is 1. The second-order valence-electron chi connectivity index (χ2n) is 8.40. The molecule has 1 aliphatic carbocycles. The van der Waals surface area contributed by atoms with Gasteiger partial charge in [0.25, 0.3) is 0 Å². The molecule has 31 heavy (non-hydrogen) atoms. The maximum Gasteiger partial charge on any atom is 0.307 e. The minimum atomic E-state index is -1.07. The van der Waals surface area contributed by atoms with Crippen LogP contribution in [0.15, 0.2) is 70.9 Å². The number of carbonyl (C=O) groups is 3. The van der Waals surface area contributed by atoms with Crippen molar-refractivity contribution in [3.63, 3.8) is 0 Å². The highest BCUT2D eigenvalue weighted by Gasteiger charge is 2.39. The van der Waals surface area contributed by atoms with Crippen LogP contribution in [-0.4, -0.2) is 28.9 Å². The molecule has 1 atom stereocenters. The molecule has 0 bridgehead atoms. The van der Waals surface area contributed by atoms with Crippen LogP contribution in [0.4, 0.5) is 0 Å². The molecule has 0 aromatic rings. The van der Waals surface area contributed by atoms with Crippen LogP contribution >= 0.6 is 0 Å². The summed E-state index contributed by atoms with van der Waals surface area (Å²) >= 11 is 0. The van der Waals surface area contributed by atoms with E-state index in [0.717, 1.165) is 16.7 Å². The van der Waals surface area contributed by atoms with Gasteiger partial charge in [0.1, 0.15) is 0 Å². The molecule has 1 unspecified atom stereocenters. The predicted octanol–water partition coefficient (Wildman–Crippen LogP) is 5.66. The number of esters is 1. The summed E-state index contributed by atoms with van der Waals surface area (Å²) in [5.41, 5.74) is 3.30. The quantitative estimate of drug-likeness (QED) is 0.380. The van der Waals surface area contributed by atoms with Crippen molar-refractivity contribution in [2.45, 2.75) is 66.9 Å². The molecule has 0 radical (unpaired) electrons. The molecule has 0 aromatic heterocycles. The molecule has 5 nitrogen and oxygen atoms in total. The molecule has 1 rings (SSSR count). The van der Waals surface area contributed by atoms with Crippen molar-refractivity contribution >= 4 is 17.7 Å². The van der Waals surface area contributed by atoms with Gasteiger partial charge in [0, 0.05) is 6.42 Å². The lowest BCUT2D eigenvalue weighted by molar-refractivity contribution is -0.157. The summed E-state index contributed by atoms with van der Waals surface area (Å²) in [6.07, 6.45) is 14.9. The molecule has 0 saturated carbocycles. The fourth-order valence-electron chi connectivity index (χ4n) is 3.35. The molecule has 0 aliphatic heterocycles. The van der Waals surface area contributed by atoms with Gasteiger partial charge in [-0.25, -0.2) is 0 Å². The van der Waals surface area contributed by atoms with Crippen molar-refractivity contribution in [1.82, 2.24) is 0 Å². The number of carboxylic acids is 1. The molecule has 0 heterocycles. The molecule has 1 N–H and O–H groups in total. The van der Waals surface area contributed by atoms with E-state index in [1.165, 1.54) is 0 Å². The predicted molar refractivity (Wildman–Crippen MR) is 123 cm³/mol. The molecule has 0 saturated heterocycles. The Morgan fingerprint density at radius 3 is 2.32 bits per heavy atom. The summed E-state index contributed by atoms with van der Waals surface area (Å²) in [5, 5.41) is 8.70. The zero-order chi connectivity index (χ0) is 23.6. The van der Waals surface area contributed by atoms with Gasteiger partial charge in [-0.15, -0.1) is 0 Å². The lowest BCUT2D eigenvalue weighted by atomic mass is 9.71. The number of aliphatic carboxylic acids is 1. The number of allylic oxidation sites excluding steroid dienone is 11. The lowest BCUT2D eigenvalue weighted by Crippen LogP contribution is -2.39. The molecular weight excluding hydrogens is 392 g/mol. The van der Waals surface area contributed by atoms with Crippen LogP contribution in [0.3, 0.4) is 0 Å². The number of carboxylic acid groups (broad SMARTS) is 1. The van der Waals surface area contributed by atoms with Crippen molar-refractivity contribution in [2.24, 2.45) is 5.41 Å². The Hall–Kier alpha value is -2.95. The topological polar surface area (TPSA) is 80.7 Å². The molecule has 1 aliphatic rings. The van der Waals surface area contributed by atoms with Gasteiger partial charge in [0.15, 0.2) is 11.9 Å². The second-order valence-corrected chi connectivity index (χ2v) is 8.40. The minimum Gasteiger partial charge on any atom is -0.481 e. The number of rotatable bonds is 9. The van der Waals surface area contributed by atoms with E-state index in [1.807, 2.05) is 83.2 Å². The van der Waals surface area contributed by atoms with Crippen LogP contribution in [0.2, 0.25) is 0 Å². The number of ketones is 1. The smallest absolute Gasteiger partial charge is 0.307 e. The maximum absolute atomic E-state index is 12.8. The summed E-state index contributed by atoms with van der Waals surface area (Å²) in [4.78, 5) is 35.3. The number of Topliss-reactive ketones (excluding diaryl/α,β-unsaturated/α-hetero) is 1. The monoisotopic (exact) mass is 426 g/mol. The van der Waals surface area contributed by atoms with Gasteiger partial charge in [-0.05, 0) is 44.3 Å². The van der Waals surface area contributed by atoms with Crippen LogP contribution in [0.25, 0.3) is 0 Å². The van der Waals surface area contributed by atoms with Gasteiger partial charge in [-0.3, -0.25) is 14.4 Å². The fraction of sp³-hybridized carbons (Fsp3) is 0.423. The normalized spacial score (nSPS) is 20.3. The molecule has 0 amide bonds. The first-order valence-corrected chi connectivity index (χ1v) is 10.5. The Bertz CT molecular complexity index is 875. The van der Waals surface area contributed by atoms with Crippen molar-refractivity contribution in [3.8, 4) is 0 Å². The summed E-state index contributed by atoms with van der Waals surface area (Å²) in [6, 6.07) is 0. The van der Waals surface area contributed by atoms with Crippen molar-refractivity contribution in [2.75, 3.05) is 0 Å². The Labute approximate surface area is 185 Å². The fourth-order valence-corrected chi connectivity index (χ4v) is 3.35. The summed E-state index contributed by atoms with van der Waals surface area (Å²) in [5.74, 6) is -1.96. The molecule has 168 valence electrons. The van der Waals surface area contributed by atoms with Crippen LogP contribution < -0.4 is 0 Å². The van der Waals surface area contributed by atoms with Gasteiger partial charge in [-0.2, -0.15) is 0 Å². The number of carbonyl (C=O) groups excluding carboxylic acids is 2. The Morgan fingerprint density at radius 2 is 1.71 bits per heavy atom.